The van der Waals surface area contributed by atoms with Crippen molar-refractivity contribution in [3.8, 4) is 55.6 Å². The van der Waals surface area contributed by atoms with Crippen molar-refractivity contribution in [2.45, 2.75) is 43.9 Å². The van der Waals surface area contributed by atoms with E-state index in [0.717, 1.165) is 11.4 Å². The van der Waals surface area contributed by atoms with E-state index in [4.69, 9.17) is 0 Å². The van der Waals surface area contributed by atoms with E-state index in [0.29, 0.717) is 0 Å². The number of anilines is 6. The normalized spacial score (nSPS) is 14.9. The second kappa shape index (κ2) is 18.2. The van der Waals surface area contributed by atoms with E-state index in [9.17, 15) is 0 Å². The summed E-state index contributed by atoms with van der Waals surface area (Å²) in [4.78, 5) is 4.98. The fourth-order valence-electron chi connectivity index (χ4n) is 16.9. The van der Waals surface area contributed by atoms with Gasteiger partial charge in [0.15, 0.2) is 0 Å². The third-order valence-corrected chi connectivity index (χ3v) is 20.4. The molecular weight excluding hydrogens is 1050 g/mol. The Bertz CT molecular complexity index is 4980. The number of rotatable bonds is 5. The molecule has 1 spiro atoms. The zero-order chi connectivity index (χ0) is 57.9. The third kappa shape index (κ3) is 6.65. The van der Waals surface area contributed by atoms with Gasteiger partial charge in [-0.1, -0.05) is 264 Å². The van der Waals surface area contributed by atoms with Crippen molar-refractivity contribution in [2.75, 3.05) is 9.80 Å². The zero-order valence-corrected chi connectivity index (χ0v) is 49.1. The molecule has 0 aromatic heterocycles. The number of benzene rings is 14. The number of para-hydroxylation sites is 4. The monoisotopic (exact) mass is 1110 g/mol. The molecule has 14 aromatic carbocycles. The molecule has 0 saturated carbocycles. The van der Waals surface area contributed by atoms with Gasteiger partial charge in [0.1, 0.15) is 0 Å². The summed E-state index contributed by atoms with van der Waals surface area (Å²) in [6.07, 6.45) is 0. The quantitative estimate of drug-likeness (QED) is 0.159. The molecule has 0 atom stereocenters. The maximum atomic E-state index is 2.58. The van der Waals surface area contributed by atoms with Crippen molar-refractivity contribution in [2.24, 2.45) is 0 Å². The van der Waals surface area contributed by atoms with Crippen LogP contribution in [-0.2, 0) is 16.2 Å². The molecule has 0 fully saturated rings. The number of fused-ring (bicyclic) bond motifs is 18. The van der Waals surface area contributed by atoms with Gasteiger partial charge < -0.3 is 9.80 Å². The van der Waals surface area contributed by atoms with E-state index in [1.807, 2.05) is 0 Å². The average molecular weight is 1110 g/mol. The Hall–Kier alpha value is -10.5. The van der Waals surface area contributed by atoms with Crippen LogP contribution < -0.4 is 9.80 Å². The molecule has 2 aliphatic carbocycles. The molecule has 4 aliphatic rings. The average Bonchev–Trinajstić information content (AvgIpc) is 1.54. The SMILES string of the molecule is CC1(C)c2ccccc2N(c2ccccc2)c2cccc(-c3cccc4c(-c5cccc6c5-c5c(ccc7ccccc57)C65c6ccccc6-c6ccccc65)c5cccc(-c6cccc7c6C(C)(C)c6ccccc6N7c6ccccc6)c5cc34)c21. The Labute approximate surface area is 508 Å². The topological polar surface area (TPSA) is 6.48 Å². The first-order chi connectivity index (χ1) is 42.7. The van der Waals surface area contributed by atoms with Gasteiger partial charge in [-0.3, -0.25) is 0 Å². The summed E-state index contributed by atoms with van der Waals surface area (Å²) in [6, 6.07) is 110. The summed E-state index contributed by atoms with van der Waals surface area (Å²) in [5, 5.41) is 7.42. The molecule has 0 bridgehead atoms. The Balaban J connectivity index is 0.985. The molecular formula is C85H60N2. The van der Waals surface area contributed by atoms with Crippen LogP contribution in [0.25, 0.3) is 88.0 Å². The molecule has 2 nitrogen and oxygen atoms in total. The predicted molar refractivity (Wildman–Crippen MR) is 365 cm³/mol. The Morgan fingerprint density at radius 3 is 1.16 bits per heavy atom. The highest BCUT2D eigenvalue weighted by Gasteiger charge is 2.53. The van der Waals surface area contributed by atoms with Crippen LogP contribution in [0.1, 0.15) is 72.2 Å². The van der Waals surface area contributed by atoms with Crippen LogP contribution in [0.3, 0.4) is 0 Å². The molecule has 0 saturated heterocycles. The van der Waals surface area contributed by atoms with Crippen molar-refractivity contribution in [1.82, 2.24) is 0 Å². The Morgan fingerprint density at radius 1 is 0.230 bits per heavy atom. The first kappa shape index (κ1) is 49.8. The van der Waals surface area contributed by atoms with Gasteiger partial charge in [0.2, 0.25) is 0 Å². The molecule has 87 heavy (non-hydrogen) atoms. The predicted octanol–water partition coefficient (Wildman–Crippen LogP) is 22.7. The smallest absolute Gasteiger partial charge is 0.0725 e. The minimum atomic E-state index is -0.542. The van der Waals surface area contributed by atoms with Crippen molar-refractivity contribution < 1.29 is 0 Å². The maximum absolute atomic E-state index is 2.58. The van der Waals surface area contributed by atoms with Crippen molar-refractivity contribution >= 4 is 66.4 Å². The third-order valence-electron chi connectivity index (χ3n) is 20.4. The molecule has 0 N–H and O–H groups in total. The van der Waals surface area contributed by atoms with E-state index >= 15 is 0 Å². The van der Waals surface area contributed by atoms with E-state index in [-0.39, 0.29) is 10.8 Å². The first-order valence-corrected chi connectivity index (χ1v) is 30.8. The van der Waals surface area contributed by atoms with Gasteiger partial charge in [-0.2, -0.15) is 0 Å². The van der Waals surface area contributed by atoms with Crippen LogP contribution in [0.5, 0.6) is 0 Å². The van der Waals surface area contributed by atoms with Crippen LogP contribution >= 0.6 is 0 Å². The number of hydrogen-bond acceptors (Lipinski definition) is 2. The second-order valence-corrected chi connectivity index (χ2v) is 25.4. The van der Waals surface area contributed by atoms with Crippen molar-refractivity contribution in [3.05, 3.63) is 336 Å². The van der Waals surface area contributed by atoms with Crippen molar-refractivity contribution in [1.29, 1.82) is 0 Å². The van der Waals surface area contributed by atoms with Crippen LogP contribution in [0, 0.1) is 0 Å². The van der Waals surface area contributed by atoms with Crippen LogP contribution in [-0.4, -0.2) is 0 Å². The molecule has 410 valence electrons. The summed E-state index contributed by atoms with van der Waals surface area (Å²) >= 11 is 0. The van der Waals surface area contributed by atoms with E-state index < -0.39 is 5.41 Å². The lowest BCUT2D eigenvalue weighted by atomic mass is 9.70. The molecule has 0 radical (unpaired) electrons. The summed E-state index contributed by atoms with van der Waals surface area (Å²) in [6.45, 7) is 9.73. The van der Waals surface area contributed by atoms with E-state index in [1.54, 1.807) is 0 Å². The molecule has 18 rings (SSSR count). The van der Waals surface area contributed by atoms with Gasteiger partial charge in [0.25, 0.3) is 0 Å². The minimum absolute atomic E-state index is 0.358. The summed E-state index contributed by atoms with van der Waals surface area (Å²) in [7, 11) is 0. The standard InChI is InChI=1S/C85H60N2/c1-83(2)70-43-17-19-46-74(70)86(54-27-7-5-8-28-54)76-48-24-38-63(81(76)83)57-34-21-36-61-66(57)52-67-58(64-39-25-49-77-82(64)84(3,4)71-44-18-20-47-75(71)87(77)55-29-9-6-10-30-55)35-22-37-62(67)78(61)65-40-23-45-72-80(65)79-56-31-12-11-26-53(56)50-51-73(79)85(72)68-41-15-13-32-59(68)60-33-14-16-42-69(60)85/h5-52H,1-4H3. The highest BCUT2D eigenvalue weighted by atomic mass is 15.2. The number of nitrogens with zero attached hydrogens (tertiary/aromatic N) is 2. The fourth-order valence-corrected chi connectivity index (χ4v) is 16.9. The summed E-state index contributed by atoms with van der Waals surface area (Å²) in [5.74, 6) is 0. The lowest BCUT2D eigenvalue weighted by Gasteiger charge is -2.43. The molecule has 0 unspecified atom stereocenters. The Kier molecular flexibility index (Phi) is 10.4. The van der Waals surface area contributed by atoms with Crippen LogP contribution in [0.4, 0.5) is 34.1 Å². The van der Waals surface area contributed by atoms with Gasteiger partial charge in [0.05, 0.1) is 28.2 Å². The molecule has 2 heteroatoms. The van der Waals surface area contributed by atoms with Crippen LogP contribution in [0.15, 0.2) is 291 Å². The Morgan fingerprint density at radius 2 is 0.609 bits per heavy atom. The second-order valence-electron chi connectivity index (χ2n) is 25.4. The van der Waals surface area contributed by atoms with Crippen LogP contribution in [0.2, 0.25) is 0 Å². The lowest BCUT2D eigenvalue weighted by molar-refractivity contribution is 0.633. The molecule has 2 heterocycles. The maximum Gasteiger partial charge on any atom is 0.0725 e. The van der Waals surface area contributed by atoms with E-state index in [1.165, 1.54) is 155 Å². The summed E-state index contributed by atoms with van der Waals surface area (Å²) < 4.78 is 0. The van der Waals surface area contributed by atoms with Gasteiger partial charge in [-0.25, -0.2) is 0 Å². The van der Waals surface area contributed by atoms with Gasteiger partial charge >= 0.3 is 0 Å². The first-order valence-electron chi connectivity index (χ1n) is 30.8. The summed E-state index contributed by atoms with van der Waals surface area (Å²) in [5.41, 5.74) is 29.1. The minimum Gasteiger partial charge on any atom is -0.310 e. The highest BCUT2D eigenvalue weighted by Crippen LogP contribution is 2.66. The largest absolute Gasteiger partial charge is 0.310 e. The van der Waals surface area contributed by atoms with Gasteiger partial charge in [-0.15, -0.1) is 0 Å². The zero-order valence-electron chi connectivity index (χ0n) is 49.1. The molecule has 14 aromatic rings. The molecule has 2 aliphatic heterocycles. The highest BCUT2D eigenvalue weighted by molar-refractivity contribution is 6.22. The van der Waals surface area contributed by atoms with Gasteiger partial charge in [-0.05, 0) is 187 Å². The fraction of sp³-hybridized carbons (Fsp3) is 0.0824. The van der Waals surface area contributed by atoms with Gasteiger partial charge in [0, 0.05) is 22.2 Å². The lowest BCUT2D eigenvalue weighted by Crippen LogP contribution is -2.31. The van der Waals surface area contributed by atoms with Crippen molar-refractivity contribution in [3.63, 3.8) is 0 Å². The van der Waals surface area contributed by atoms with E-state index in [2.05, 4.69) is 329 Å². The number of hydrogen-bond donors (Lipinski definition) is 0. The molecule has 0 amide bonds.